The molecule has 1 aromatic heterocycles. The Bertz CT molecular complexity index is 744. The van der Waals surface area contributed by atoms with Crippen molar-refractivity contribution >= 4 is 11.6 Å². The summed E-state index contributed by atoms with van der Waals surface area (Å²) in [5.41, 5.74) is 2.09. The molecule has 0 aliphatic carbocycles. The second-order valence-electron chi connectivity index (χ2n) is 6.81. The minimum atomic E-state index is 0.0388. The number of benzene rings is 1. The molecule has 1 saturated heterocycles. The highest BCUT2D eigenvalue weighted by Gasteiger charge is 2.20. The van der Waals surface area contributed by atoms with Crippen molar-refractivity contribution in [2.75, 3.05) is 38.8 Å². The zero-order chi connectivity index (χ0) is 19.1. The first-order chi connectivity index (χ1) is 13.2. The van der Waals surface area contributed by atoms with Gasteiger partial charge < -0.3 is 19.7 Å². The predicted molar refractivity (Wildman–Crippen MR) is 105 cm³/mol. The van der Waals surface area contributed by atoms with Gasteiger partial charge in [-0.2, -0.15) is 0 Å². The number of hydrogen-bond acceptors (Lipinski definition) is 5. The van der Waals surface area contributed by atoms with Crippen LogP contribution in [-0.2, 0) is 11.2 Å². The fourth-order valence-electron chi connectivity index (χ4n) is 3.43. The second kappa shape index (κ2) is 9.26. The molecule has 2 heterocycles. The Balaban J connectivity index is 1.44. The Morgan fingerprint density at radius 1 is 1.19 bits per heavy atom. The smallest absolute Gasteiger partial charge is 0.224 e. The van der Waals surface area contributed by atoms with E-state index in [1.165, 1.54) is 5.69 Å². The van der Waals surface area contributed by atoms with Gasteiger partial charge in [0.25, 0.3) is 0 Å². The van der Waals surface area contributed by atoms with Gasteiger partial charge in [-0.3, -0.25) is 9.78 Å². The lowest BCUT2D eigenvalue weighted by Gasteiger charge is -2.33. The summed E-state index contributed by atoms with van der Waals surface area (Å²) < 4.78 is 10.5. The van der Waals surface area contributed by atoms with Gasteiger partial charge >= 0.3 is 0 Å². The number of ether oxygens (including phenoxy) is 2. The molecular weight excluding hydrogens is 342 g/mol. The van der Waals surface area contributed by atoms with Gasteiger partial charge in [0.1, 0.15) is 0 Å². The maximum Gasteiger partial charge on any atom is 0.224 e. The number of nitrogens with zero attached hydrogens (tertiary/aromatic N) is 2. The van der Waals surface area contributed by atoms with Crippen LogP contribution < -0.4 is 19.7 Å². The normalized spacial score (nSPS) is 14.7. The fourth-order valence-corrected chi connectivity index (χ4v) is 3.43. The average Bonchev–Trinajstić information content (AvgIpc) is 2.73. The van der Waals surface area contributed by atoms with E-state index in [0.29, 0.717) is 23.8 Å². The number of hydrogen-bond donors (Lipinski definition) is 1. The summed E-state index contributed by atoms with van der Waals surface area (Å²) in [4.78, 5) is 18.8. The minimum Gasteiger partial charge on any atom is -0.493 e. The van der Waals surface area contributed by atoms with E-state index in [2.05, 4.69) is 21.3 Å². The van der Waals surface area contributed by atoms with Crippen molar-refractivity contribution in [2.24, 2.45) is 5.92 Å². The van der Waals surface area contributed by atoms with Crippen LogP contribution in [0.1, 0.15) is 18.4 Å². The molecule has 3 rings (SSSR count). The maximum atomic E-state index is 12.3. The zero-order valence-corrected chi connectivity index (χ0v) is 16.0. The molecule has 1 N–H and O–H groups in total. The van der Waals surface area contributed by atoms with E-state index in [0.717, 1.165) is 38.0 Å². The third-order valence-electron chi connectivity index (χ3n) is 5.03. The summed E-state index contributed by atoms with van der Waals surface area (Å²) in [7, 11) is 3.20. The van der Waals surface area contributed by atoms with Gasteiger partial charge in [-0.1, -0.05) is 6.07 Å². The third kappa shape index (κ3) is 5.12. The Kier molecular flexibility index (Phi) is 6.52. The molecule has 0 unspecified atom stereocenters. The number of rotatable bonds is 7. The van der Waals surface area contributed by atoms with Crippen LogP contribution in [0.5, 0.6) is 11.5 Å². The van der Waals surface area contributed by atoms with Crippen molar-refractivity contribution < 1.29 is 14.3 Å². The molecule has 0 saturated carbocycles. The molecule has 0 atom stereocenters. The summed E-state index contributed by atoms with van der Waals surface area (Å²) in [5, 5.41) is 3.08. The summed E-state index contributed by atoms with van der Waals surface area (Å²) in [6.45, 7) is 2.73. The quantitative estimate of drug-likeness (QED) is 0.813. The highest BCUT2D eigenvalue weighted by Crippen LogP contribution is 2.27. The van der Waals surface area contributed by atoms with Crippen LogP contribution in [0.15, 0.2) is 42.7 Å². The van der Waals surface area contributed by atoms with Crippen LogP contribution in [0, 0.1) is 5.92 Å². The van der Waals surface area contributed by atoms with Gasteiger partial charge in [0.15, 0.2) is 11.5 Å². The Morgan fingerprint density at radius 3 is 2.63 bits per heavy atom. The second-order valence-corrected chi connectivity index (χ2v) is 6.81. The number of piperidine rings is 1. The van der Waals surface area contributed by atoms with Gasteiger partial charge in [-0.05, 0) is 48.6 Å². The highest BCUT2D eigenvalue weighted by atomic mass is 16.5. The number of pyridine rings is 1. The van der Waals surface area contributed by atoms with Gasteiger partial charge in [-0.25, -0.2) is 0 Å². The molecular formula is C21H27N3O3. The first kappa shape index (κ1) is 19.0. The predicted octanol–water partition coefficient (Wildman–Crippen LogP) is 2.67. The number of anilines is 1. The van der Waals surface area contributed by atoms with Gasteiger partial charge in [0, 0.05) is 25.8 Å². The lowest BCUT2D eigenvalue weighted by molar-refractivity contribution is -0.120. The van der Waals surface area contributed by atoms with Crippen LogP contribution in [-0.4, -0.2) is 44.7 Å². The number of nitrogens with one attached hydrogen (secondary N) is 1. The van der Waals surface area contributed by atoms with Crippen LogP contribution in [0.4, 0.5) is 5.69 Å². The first-order valence-corrected chi connectivity index (χ1v) is 9.32. The molecule has 27 heavy (non-hydrogen) atoms. The number of carbonyl (C=O) groups excluding carboxylic acids is 1. The number of amides is 1. The first-order valence-electron chi connectivity index (χ1n) is 9.32. The molecule has 1 aliphatic rings. The Labute approximate surface area is 160 Å². The Hall–Kier alpha value is -2.76. The van der Waals surface area contributed by atoms with Crippen LogP contribution in [0.25, 0.3) is 0 Å². The topological polar surface area (TPSA) is 63.7 Å². The van der Waals surface area contributed by atoms with Crippen LogP contribution in [0.3, 0.4) is 0 Å². The summed E-state index contributed by atoms with van der Waals surface area (Å²) >= 11 is 0. The summed E-state index contributed by atoms with van der Waals surface area (Å²) in [5.74, 6) is 1.87. The van der Waals surface area contributed by atoms with E-state index < -0.39 is 0 Å². The summed E-state index contributed by atoms with van der Waals surface area (Å²) in [6.07, 6.45) is 6.20. The van der Waals surface area contributed by atoms with Crippen molar-refractivity contribution in [1.29, 1.82) is 0 Å². The standard InChI is InChI=1S/C21H27N3O3/c1-26-19-6-5-17(12-20(19)27-2)13-21(25)23-14-16-7-10-24(11-8-16)18-4-3-9-22-15-18/h3-6,9,12,15-16H,7-8,10-11,13-14H2,1-2H3,(H,23,25). The zero-order valence-electron chi connectivity index (χ0n) is 16.0. The van der Waals surface area contributed by atoms with E-state index in [9.17, 15) is 4.79 Å². The van der Waals surface area contributed by atoms with Gasteiger partial charge in [0.05, 0.1) is 32.5 Å². The van der Waals surface area contributed by atoms with Crippen LogP contribution in [0.2, 0.25) is 0 Å². The van der Waals surface area contributed by atoms with Crippen molar-refractivity contribution in [3.05, 3.63) is 48.3 Å². The van der Waals surface area contributed by atoms with Crippen molar-refractivity contribution in [3.8, 4) is 11.5 Å². The SMILES string of the molecule is COc1ccc(CC(=O)NCC2CCN(c3cccnc3)CC2)cc1OC. The molecule has 1 aliphatic heterocycles. The monoisotopic (exact) mass is 369 g/mol. The molecule has 6 nitrogen and oxygen atoms in total. The van der Waals surface area contributed by atoms with E-state index in [4.69, 9.17) is 9.47 Å². The number of aromatic nitrogens is 1. The van der Waals surface area contributed by atoms with E-state index in [-0.39, 0.29) is 5.91 Å². The number of methoxy groups -OCH3 is 2. The summed E-state index contributed by atoms with van der Waals surface area (Å²) in [6, 6.07) is 9.64. The van der Waals surface area contributed by atoms with E-state index in [1.807, 2.05) is 30.5 Å². The van der Waals surface area contributed by atoms with Crippen molar-refractivity contribution in [2.45, 2.75) is 19.3 Å². The highest BCUT2D eigenvalue weighted by molar-refractivity contribution is 5.78. The molecule has 1 amide bonds. The third-order valence-corrected chi connectivity index (χ3v) is 5.03. The molecule has 2 aromatic rings. The Morgan fingerprint density at radius 2 is 1.96 bits per heavy atom. The molecule has 144 valence electrons. The molecule has 1 fully saturated rings. The number of carbonyl (C=O) groups is 1. The molecule has 0 spiro atoms. The van der Waals surface area contributed by atoms with E-state index in [1.54, 1.807) is 20.4 Å². The molecule has 0 radical (unpaired) electrons. The maximum absolute atomic E-state index is 12.3. The molecule has 6 heteroatoms. The average molecular weight is 369 g/mol. The van der Waals surface area contributed by atoms with Gasteiger partial charge in [0.2, 0.25) is 5.91 Å². The molecule has 0 bridgehead atoms. The van der Waals surface area contributed by atoms with Crippen molar-refractivity contribution in [1.82, 2.24) is 10.3 Å². The van der Waals surface area contributed by atoms with E-state index >= 15 is 0 Å². The largest absolute Gasteiger partial charge is 0.493 e. The molecule has 1 aromatic carbocycles. The lowest BCUT2D eigenvalue weighted by Crippen LogP contribution is -2.39. The van der Waals surface area contributed by atoms with Gasteiger partial charge in [-0.15, -0.1) is 0 Å². The minimum absolute atomic E-state index is 0.0388. The fraction of sp³-hybridized carbons (Fsp3) is 0.429. The lowest BCUT2D eigenvalue weighted by atomic mass is 9.96. The van der Waals surface area contributed by atoms with Crippen LogP contribution >= 0.6 is 0 Å². The van der Waals surface area contributed by atoms with Crippen molar-refractivity contribution in [3.63, 3.8) is 0 Å².